The zero-order chi connectivity index (χ0) is 17.6. The predicted molar refractivity (Wildman–Crippen MR) is 99.3 cm³/mol. The first-order valence-corrected chi connectivity index (χ1v) is 8.86. The maximum atomic E-state index is 12.1. The molecule has 4 nitrogen and oxygen atoms in total. The maximum absolute atomic E-state index is 12.1. The standard InChI is InChI=1S/C19H14ClN3OS/c20-17-4-2-1-3-16(17)19-23-15(12-25-19)9-18(24)22-11-14-7-5-13(10-21)6-8-14/h1-8,12H,9,11H2,(H,22,24). The van der Waals surface area contributed by atoms with Crippen molar-refractivity contribution in [2.75, 3.05) is 0 Å². The summed E-state index contributed by atoms with van der Waals surface area (Å²) in [6.07, 6.45) is 0.219. The molecule has 0 saturated heterocycles. The Labute approximate surface area is 154 Å². The molecular weight excluding hydrogens is 354 g/mol. The molecule has 0 bridgehead atoms. The second-order valence-corrected chi connectivity index (χ2v) is 6.65. The number of nitriles is 1. The van der Waals surface area contributed by atoms with E-state index in [-0.39, 0.29) is 12.3 Å². The van der Waals surface area contributed by atoms with Crippen LogP contribution in [0.4, 0.5) is 0 Å². The van der Waals surface area contributed by atoms with Crippen molar-refractivity contribution in [3.8, 4) is 16.6 Å². The molecular formula is C19H14ClN3OS. The summed E-state index contributed by atoms with van der Waals surface area (Å²) in [6.45, 7) is 0.423. The van der Waals surface area contributed by atoms with Gasteiger partial charge in [-0.15, -0.1) is 11.3 Å². The molecule has 6 heteroatoms. The number of rotatable bonds is 5. The number of halogens is 1. The lowest BCUT2D eigenvalue weighted by molar-refractivity contribution is -0.120. The molecule has 0 aliphatic heterocycles. The molecule has 1 aromatic heterocycles. The largest absolute Gasteiger partial charge is 0.352 e. The van der Waals surface area contributed by atoms with E-state index in [9.17, 15) is 4.79 Å². The third-order valence-electron chi connectivity index (χ3n) is 3.57. The van der Waals surface area contributed by atoms with Crippen LogP contribution in [-0.4, -0.2) is 10.9 Å². The topological polar surface area (TPSA) is 65.8 Å². The fourth-order valence-corrected chi connectivity index (χ4v) is 3.41. The van der Waals surface area contributed by atoms with Crippen molar-refractivity contribution in [1.29, 1.82) is 5.26 Å². The molecule has 0 atom stereocenters. The Bertz CT molecular complexity index is 928. The van der Waals surface area contributed by atoms with Crippen LogP contribution in [0.5, 0.6) is 0 Å². The van der Waals surface area contributed by atoms with Crippen LogP contribution in [0.2, 0.25) is 5.02 Å². The van der Waals surface area contributed by atoms with Crippen LogP contribution in [0.25, 0.3) is 10.6 Å². The van der Waals surface area contributed by atoms with Crippen LogP contribution >= 0.6 is 22.9 Å². The summed E-state index contributed by atoms with van der Waals surface area (Å²) in [5.41, 5.74) is 3.14. The third kappa shape index (κ3) is 4.44. The average Bonchev–Trinajstić information content (AvgIpc) is 3.09. The normalized spacial score (nSPS) is 10.2. The van der Waals surface area contributed by atoms with E-state index in [0.29, 0.717) is 17.1 Å². The highest BCUT2D eigenvalue weighted by Crippen LogP contribution is 2.30. The van der Waals surface area contributed by atoms with Gasteiger partial charge in [0.25, 0.3) is 0 Å². The number of hydrogen-bond acceptors (Lipinski definition) is 4. The number of thiazole rings is 1. The van der Waals surface area contributed by atoms with E-state index in [1.165, 1.54) is 11.3 Å². The number of nitrogens with zero attached hydrogens (tertiary/aromatic N) is 2. The Hall–Kier alpha value is -2.68. The lowest BCUT2D eigenvalue weighted by Gasteiger charge is -2.04. The summed E-state index contributed by atoms with van der Waals surface area (Å²) in [5.74, 6) is -0.0969. The fraction of sp³-hybridized carbons (Fsp3) is 0.105. The molecule has 1 N–H and O–H groups in total. The van der Waals surface area contributed by atoms with E-state index in [4.69, 9.17) is 16.9 Å². The average molecular weight is 368 g/mol. The van der Waals surface area contributed by atoms with Gasteiger partial charge in [0, 0.05) is 17.5 Å². The number of nitrogens with one attached hydrogen (secondary N) is 1. The molecule has 1 heterocycles. The van der Waals surface area contributed by atoms with E-state index >= 15 is 0 Å². The summed E-state index contributed by atoms with van der Waals surface area (Å²) in [4.78, 5) is 16.6. The van der Waals surface area contributed by atoms with Crippen LogP contribution < -0.4 is 5.32 Å². The highest BCUT2D eigenvalue weighted by Gasteiger charge is 2.11. The molecule has 0 radical (unpaired) electrons. The minimum Gasteiger partial charge on any atom is -0.352 e. The van der Waals surface area contributed by atoms with Gasteiger partial charge in [0.15, 0.2) is 0 Å². The minimum atomic E-state index is -0.0969. The van der Waals surface area contributed by atoms with Gasteiger partial charge < -0.3 is 5.32 Å². The predicted octanol–water partition coefficient (Wildman–Crippen LogP) is 4.19. The Morgan fingerprint density at radius 3 is 2.68 bits per heavy atom. The molecule has 0 saturated carbocycles. The third-order valence-corrected chi connectivity index (χ3v) is 4.82. The second kappa shape index (κ2) is 7.93. The van der Waals surface area contributed by atoms with E-state index in [0.717, 1.165) is 21.8 Å². The summed E-state index contributed by atoms with van der Waals surface area (Å²) in [7, 11) is 0. The fourth-order valence-electron chi connectivity index (χ4n) is 2.27. The van der Waals surface area contributed by atoms with Crippen LogP contribution in [0.3, 0.4) is 0 Å². The van der Waals surface area contributed by atoms with Gasteiger partial charge in [-0.1, -0.05) is 41.9 Å². The van der Waals surface area contributed by atoms with Gasteiger partial charge in [0.1, 0.15) is 5.01 Å². The van der Waals surface area contributed by atoms with E-state index in [2.05, 4.69) is 16.4 Å². The van der Waals surface area contributed by atoms with Crippen LogP contribution in [0.15, 0.2) is 53.9 Å². The van der Waals surface area contributed by atoms with Gasteiger partial charge >= 0.3 is 0 Å². The van der Waals surface area contributed by atoms with Gasteiger partial charge in [0.2, 0.25) is 5.91 Å². The zero-order valence-corrected chi connectivity index (χ0v) is 14.8. The lowest BCUT2D eigenvalue weighted by atomic mass is 10.1. The van der Waals surface area contributed by atoms with Gasteiger partial charge in [-0.2, -0.15) is 5.26 Å². The number of amides is 1. The SMILES string of the molecule is N#Cc1ccc(CNC(=O)Cc2csc(-c3ccccc3Cl)n2)cc1. The Morgan fingerprint density at radius 1 is 1.20 bits per heavy atom. The molecule has 0 unspecified atom stereocenters. The zero-order valence-electron chi connectivity index (χ0n) is 13.2. The van der Waals surface area contributed by atoms with Crippen molar-refractivity contribution in [3.63, 3.8) is 0 Å². The van der Waals surface area contributed by atoms with Crippen molar-refractivity contribution in [1.82, 2.24) is 10.3 Å². The number of benzene rings is 2. The molecule has 124 valence electrons. The van der Waals surface area contributed by atoms with Gasteiger partial charge in [-0.3, -0.25) is 4.79 Å². The second-order valence-electron chi connectivity index (χ2n) is 5.39. The van der Waals surface area contributed by atoms with E-state index in [1.54, 1.807) is 12.1 Å². The Morgan fingerprint density at radius 2 is 1.96 bits per heavy atom. The first-order chi connectivity index (χ1) is 12.2. The van der Waals surface area contributed by atoms with E-state index in [1.807, 2.05) is 41.8 Å². The molecule has 0 spiro atoms. The smallest absolute Gasteiger partial charge is 0.226 e. The van der Waals surface area contributed by atoms with Crippen molar-refractivity contribution < 1.29 is 4.79 Å². The highest BCUT2D eigenvalue weighted by atomic mass is 35.5. The van der Waals surface area contributed by atoms with Crippen molar-refractivity contribution in [2.45, 2.75) is 13.0 Å². The monoisotopic (exact) mass is 367 g/mol. The molecule has 3 aromatic rings. The van der Waals surface area contributed by atoms with Crippen LogP contribution in [-0.2, 0) is 17.8 Å². The summed E-state index contributed by atoms with van der Waals surface area (Å²) in [6, 6.07) is 16.7. The molecule has 0 aliphatic carbocycles. The molecule has 0 fully saturated rings. The first-order valence-electron chi connectivity index (χ1n) is 7.61. The van der Waals surface area contributed by atoms with Crippen LogP contribution in [0.1, 0.15) is 16.8 Å². The number of hydrogen-bond donors (Lipinski definition) is 1. The molecule has 2 aromatic carbocycles. The van der Waals surface area contributed by atoms with Crippen molar-refractivity contribution in [2.24, 2.45) is 0 Å². The number of carbonyl (C=O) groups excluding carboxylic acids is 1. The maximum Gasteiger partial charge on any atom is 0.226 e. The lowest BCUT2D eigenvalue weighted by Crippen LogP contribution is -2.24. The van der Waals surface area contributed by atoms with E-state index < -0.39 is 0 Å². The van der Waals surface area contributed by atoms with Gasteiger partial charge in [-0.05, 0) is 23.8 Å². The molecule has 3 rings (SSSR count). The van der Waals surface area contributed by atoms with Crippen molar-refractivity contribution >= 4 is 28.8 Å². The summed E-state index contributed by atoms with van der Waals surface area (Å²) >= 11 is 7.65. The van der Waals surface area contributed by atoms with Crippen LogP contribution in [0, 0.1) is 11.3 Å². The molecule has 25 heavy (non-hydrogen) atoms. The first kappa shape index (κ1) is 17.2. The number of carbonyl (C=O) groups is 1. The van der Waals surface area contributed by atoms with Gasteiger partial charge in [0.05, 0.1) is 28.8 Å². The highest BCUT2D eigenvalue weighted by molar-refractivity contribution is 7.13. The number of aromatic nitrogens is 1. The Kier molecular flexibility index (Phi) is 5.44. The quantitative estimate of drug-likeness (QED) is 0.735. The minimum absolute atomic E-state index is 0.0969. The molecule has 0 aliphatic rings. The summed E-state index contributed by atoms with van der Waals surface area (Å²) in [5, 5.41) is 15.0. The molecule has 1 amide bonds. The van der Waals surface area contributed by atoms with Gasteiger partial charge in [-0.25, -0.2) is 4.98 Å². The summed E-state index contributed by atoms with van der Waals surface area (Å²) < 4.78 is 0. The Balaban J connectivity index is 1.58. The van der Waals surface area contributed by atoms with Crippen molar-refractivity contribution in [3.05, 3.63) is 75.8 Å².